The highest BCUT2D eigenvalue weighted by molar-refractivity contribution is 5.73. The fourth-order valence-corrected chi connectivity index (χ4v) is 2.65. The summed E-state index contributed by atoms with van der Waals surface area (Å²) in [5, 5.41) is 0. The molecule has 1 aromatic carbocycles. The summed E-state index contributed by atoms with van der Waals surface area (Å²) >= 11 is 0. The van der Waals surface area contributed by atoms with E-state index >= 15 is 0 Å². The maximum atomic E-state index is 11.4. The van der Waals surface area contributed by atoms with E-state index in [4.69, 9.17) is 4.74 Å². The molecule has 1 aliphatic carbocycles. The summed E-state index contributed by atoms with van der Waals surface area (Å²) in [5.74, 6) is 1.35. The smallest absolute Gasteiger partial charge is 0.311 e. The van der Waals surface area contributed by atoms with Crippen LogP contribution in [0.3, 0.4) is 0 Å². The Kier molecular flexibility index (Phi) is 5.40. The lowest BCUT2D eigenvalue weighted by Crippen LogP contribution is -2.07. The van der Waals surface area contributed by atoms with Crippen LogP contribution in [0.1, 0.15) is 57.9 Å². The number of hydrogen-bond acceptors (Lipinski definition) is 2. The number of carbonyl (C=O) groups is 1. The van der Waals surface area contributed by atoms with Gasteiger partial charge in [0.05, 0.1) is 0 Å². The van der Waals surface area contributed by atoms with Crippen LogP contribution in [-0.2, 0) is 4.79 Å². The molecule has 0 bridgehead atoms. The van der Waals surface area contributed by atoms with Gasteiger partial charge < -0.3 is 4.74 Å². The Bertz CT molecular complexity index is 471. The zero-order valence-electron chi connectivity index (χ0n) is 12.5. The lowest BCUT2D eigenvalue weighted by molar-refractivity contribution is -0.134. The van der Waals surface area contributed by atoms with Crippen molar-refractivity contribution >= 4 is 11.5 Å². The Morgan fingerprint density at radius 3 is 2.55 bits per heavy atom. The van der Waals surface area contributed by atoms with Gasteiger partial charge >= 0.3 is 5.97 Å². The topological polar surface area (TPSA) is 26.3 Å². The molecular weight excluding hydrogens is 248 g/mol. The molecule has 1 unspecified atom stereocenters. The van der Waals surface area contributed by atoms with Crippen LogP contribution in [0.15, 0.2) is 30.3 Å². The maximum absolute atomic E-state index is 11.4. The van der Waals surface area contributed by atoms with Gasteiger partial charge in [-0.2, -0.15) is 0 Å². The number of benzene rings is 1. The van der Waals surface area contributed by atoms with Crippen molar-refractivity contribution in [2.45, 2.75) is 52.4 Å². The second-order valence-corrected chi connectivity index (χ2v) is 5.53. The van der Waals surface area contributed by atoms with E-state index in [1.807, 2.05) is 19.1 Å². The molecule has 1 atom stereocenters. The zero-order valence-corrected chi connectivity index (χ0v) is 12.5. The number of ether oxygens (including phenoxy) is 1. The summed E-state index contributed by atoms with van der Waals surface area (Å²) in [6, 6.07) is 7.92. The maximum Gasteiger partial charge on any atom is 0.311 e. The molecule has 0 fully saturated rings. The SMILES string of the molecule is CCCC(=O)Oc1ccc(C2=CCC(CC)CC2)cc1. The van der Waals surface area contributed by atoms with E-state index in [0.29, 0.717) is 12.2 Å². The van der Waals surface area contributed by atoms with Gasteiger partial charge in [-0.3, -0.25) is 4.79 Å². The fraction of sp³-hybridized carbons (Fsp3) is 0.500. The molecule has 2 nitrogen and oxygen atoms in total. The van der Waals surface area contributed by atoms with Crippen molar-refractivity contribution in [1.82, 2.24) is 0 Å². The second-order valence-electron chi connectivity index (χ2n) is 5.53. The minimum absolute atomic E-state index is 0.150. The number of rotatable bonds is 5. The Labute approximate surface area is 121 Å². The fourth-order valence-electron chi connectivity index (χ4n) is 2.65. The average molecular weight is 272 g/mol. The largest absolute Gasteiger partial charge is 0.427 e. The molecule has 2 heteroatoms. The molecule has 0 radical (unpaired) electrons. The minimum atomic E-state index is -0.150. The summed E-state index contributed by atoms with van der Waals surface area (Å²) in [6.45, 7) is 4.24. The molecule has 108 valence electrons. The predicted octanol–water partition coefficient (Wildman–Crippen LogP) is 4.99. The van der Waals surface area contributed by atoms with Crippen LogP contribution in [0.4, 0.5) is 0 Å². The van der Waals surface area contributed by atoms with E-state index < -0.39 is 0 Å². The molecule has 0 aromatic heterocycles. The quantitative estimate of drug-likeness (QED) is 0.558. The van der Waals surface area contributed by atoms with Crippen LogP contribution >= 0.6 is 0 Å². The van der Waals surface area contributed by atoms with E-state index in [1.54, 1.807) is 0 Å². The summed E-state index contributed by atoms with van der Waals surface area (Å²) < 4.78 is 5.27. The third-order valence-electron chi connectivity index (χ3n) is 4.01. The van der Waals surface area contributed by atoms with Crippen molar-refractivity contribution in [1.29, 1.82) is 0 Å². The molecule has 0 aliphatic heterocycles. The summed E-state index contributed by atoms with van der Waals surface area (Å²) in [5.41, 5.74) is 2.69. The molecule has 0 saturated heterocycles. The molecule has 2 rings (SSSR count). The van der Waals surface area contributed by atoms with Gasteiger partial charge in [0.1, 0.15) is 5.75 Å². The van der Waals surface area contributed by atoms with Crippen LogP contribution in [0.25, 0.3) is 5.57 Å². The van der Waals surface area contributed by atoms with Gasteiger partial charge in [0.15, 0.2) is 0 Å². The first-order valence-electron chi connectivity index (χ1n) is 7.73. The van der Waals surface area contributed by atoms with Crippen molar-refractivity contribution in [2.75, 3.05) is 0 Å². The normalized spacial score (nSPS) is 18.5. The monoisotopic (exact) mass is 272 g/mol. The molecular formula is C18H24O2. The van der Waals surface area contributed by atoms with Crippen LogP contribution in [-0.4, -0.2) is 5.97 Å². The second kappa shape index (κ2) is 7.28. The summed E-state index contributed by atoms with van der Waals surface area (Å²) in [7, 11) is 0. The third-order valence-corrected chi connectivity index (χ3v) is 4.01. The molecule has 0 amide bonds. The Morgan fingerprint density at radius 1 is 1.25 bits per heavy atom. The van der Waals surface area contributed by atoms with Gasteiger partial charge in [0.2, 0.25) is 0 Å². The molecule has 1 aromatic rings. The van der Waals surface area contributed by atoms with E-state index in [2.05, 4.69) is 25.1 Å². The van der Waals surface area contributed by atoms with Crippen LogP contribution in [0, 0.1) is 5.92 Å². The lowest BCUT2D eigenvalue weighted by Gasteiger charge is -2.20. The first-order valence-corrected chi connectivity index (χ1v) is 7.73. The van der Waals surface area contributed by atoms with Crippen molar-refractivity contribution in [3.05, 3.63) is 35.9 Å². The molecule has 0 saturated carbocycles. The van der Waals surface area contributed by atoms with Gasteiger partial charge in [0, 0.05) is 6.42 Å². The highest BCUT2D eigenvalue weighted by Crippen LogP contribution is 2.32. The van der Waals surface area contributed by atoms with Gasteiger partial charge in [-0.15, -0.1) is 0 Å². The molecule has 1 aliphatic rings. The van der Waals surface area contributed by atoms with Gasteiger partial charge in [-0.1, -0.05) is 38.5 Å². The van der Waals surface area contributed by atoms with Gasteiger partial charge in [-0.25, -0.2) is 0 Å². The van der Waals surface area contributed by atoms with Crippen molar-refractivity contribution in [3.63, 3.8) is 0 Å². The number of allylic oxidation sites excluding steroid dienone is 2. The summed E-state index contributed by atoms with van der Waals surface area (Å²) in [6.07, 6.45) is 8.59. The number of carbonyl (C=O) groups excluding carboxylic acids is 1. The van der Waals surface area contributed by atoms with E-state index in [9.17, 15) is 4.79 Å². The average Bonchev–Trinajstić information content (AvgIpc) is 2.48. The van der Waals surface area contributed by atoms with Crippen molar-refractivity contribution < 1.29 is 9.53 Å². The Morgan fingerprint density at radius 2 is 2.00 bits per heavy atom. The molecule has 0 N–H and O–H groups in total. The first-order chi connectivity index (χ1) is 9.72. The van der Waals surface area contributed by atoms with Crippen molar-refractivity contribution in [2.24, 2.45) is 5.92 Å². The standard InChI is InChI=1S/C18H24O2/c1-3-5-18(19)20-17-12-10-16(11-13-17)15-8-6-14(4-2)7-9-15/h8,10-14H,3-7,9H2,1-2H3. The molecule has 20 heavy (non-hydrogen) atoms. The Hall–Kier alpha value is -1.57. The first kappa shape index (κ1) is 14.8. The molecule has 0 heterocycles. The Balaban J connectivity index is 1.98. The third kappa shape index (κ3) is 3.96. The predicted molar refractivity (Wildman–Crippen MR) is 82.6 cm³/mol. The van der Waals surface area contributed by atoms with Crippen LogP contribution < -0.4 is 4.74 Å². The van der Waals surface area contributed by atoms with E-state index in [-0.39, 0.29) is 5.97 Å². The highest BCUT2D eigenvalue weighted by atomic mass is 16.5. The number of esters is 1. The van der Waals surface area contributed by atoms with Crippen molar-refractivity contribution in [3.8, 4) is 5.75 Å². The minimum Gasteiger partial charge on any atom is -0.427 e. The van der Waals surface area contributed by atoms with Gasteiger partial charge in [-0.05, 0) is 54.9 Å². The zero-order chi connectivity index (χ0) is 14.4. The highest BCUT2D eigenvalue weighted by Gasteiger charge is 2.13. The summed E-state index contributed by atoms with van der Waals surface area (Å²) in [4.78, 5) is 11.4. The van der Waals surface area contributed by atoms with E-state index in [1.165, 1.54) is 30.4 Å². The van der Waals surface area contributed by atoms with E-state index in [0.717, 1.165) is 18.8 Å². The number of hydrogen-bond donors (Lipinski definition) is 0. The van der Waals surface area contributed by atoms with Crippen LogP contribution in [0.5, 0.6) is 5.75 Å². The van der Waals surface area contributed by atoms with Crippen LogP contribution in [0.2, 0.25) is 0 Å². The van der Waals surface area contributed by atoms with Gasteiger partial charge in [0.25, 0.3) is 0 Å². The lowest BCUT2D eigenvalue weighted by atomic mass is 9.85. The molecule has 0 spiro atoms.